The summed E-state index contributed by atoms with van der Waals surface area (Å²) in [5, 5.41) is 13.7. The number of nitro benzene ring substituents is 1. The fourth-order valence-electron chi connectivity index (χ4n) is 2.68. The predicted octanol–water partition coefficient (Wildman–Crippen LogP) is 2.58. The molecular formula is C21H24N2O10. The third kappa shape index (κ3) is 6.89. The van der Waals surface area contributed by atoms with Crippen LogP contribution < -0.4 is 29.0 Å². The number of nitro groups is 1. The Morgan fingerprint density at radius 3 is 2.09 bits per heavy atom. The number of carbonyl (C=O) groups is 2. The Balaban J connectivity index is 2.12. The normalized spacial score (nSPS) is 10.1. The summed E-state index contributed by atoms with van der Waals surface area (Å²) >= 11 is 0. The number of esters is 1. The molecule has 1 amide bonds. The Kier molecular flexibility index (Phi) is 9.09. The van der Waals surface area contributed by atoms with Gasteiger partial charge in [-0.15, -0.1) is 0 Å². The molecule has 0 heterocycles. The molecule has 0 atom stereocenters. The highest BCUT2D eigenvalue weighted by Crippen LogP contribution is 2.40. The van der Waals surface area contributed by atoms with Crippen LogP contribution >= 0.6 is 0 Å². The number of ether oxygens (including phenoxy) is 6. The van der Waals surface area contributed by atoms with Crippen molar-refractivity contribution in [1.82, 2.24) is 0 Å². The average molecular weight is 464 g/mol. The standard InChI is InChI=1S/C21H24N2O10/c1-5-31-20(25)12-33-16-10-14(23(26)27)6-7-15(16)32-11-19(24)22-13-8-17(28-2)21(30-4)18(9-13)29-3/h6-10H,5,11-12H2,1-4H3,(H,22,24). The number of hydrogen-bond donors (Lipinski definition) is 1. The van der Waals surface area contributed by atoms with Gasteiger partial charge in [0.2, 0.25) is 5.75 Å². The number of anilines is 1. The molecule has 0 spiro atoms. The summed E-state index contributed by atoms with van der Waals surface area (Å²) in [4.78, 5) is 34.4. The molecule has 2 aromatic rings. The lowest BCUT2D eigenvalue weighted by molar-refractivity contribution is -0.385. The van der Waals surface area contributed by atoms with E-state index in [-0.39, 0.29) is 23.8 Å². The third-order valence-electron chi connectivity index (χ3n) is 4.10. The van der Waals surface area contributed by atoms with E-state index in [1.54, 1.807) is 19.1 Å². The maximum atomic E-state index is 12.4. The molecule has 0 aliphatic carbocycles. The summed E-state index contributed by atoms with van der Waals surface area (Å²) in [6, 6.07) is 6.62. The number of rotatable bonds is 12. The van der Waals surface area contributed by atoms with Crippen molar-refractivity contribution in [2.75, 3.05) is 46.5 Å². The Morgan fingerprint density at radius 2 is 1.55 bits per heavy atom. The van der Waals surface area contributed by atoms with Gasteiger partial charge in [0.1, 0.15) is 0 Å². The van der Waals surface area contributed by atoms with Crippen LogP contribution in [-0.4, -0.2) is 57.9 Å². The van der Waals surface area contributed by atoms with Crippen LogP contribution in [0.15, 0.2) is 30.3 Å². The third-order valence-corrected chi connectivity index (χ3v) is 4.10. The number of hydrogen-bond acceptors (Lipinski definition) is 10. The topological polar surface area (TPSA) is 145 Å². The molecule has 33 heavy (non-hydrogen) atoms. The monoisotopic (exact) mass is 464 g/mol. The Hall–Kier alpha value is -4.22. The highest BCUT2D eigenvalue weighted by atomic mass is 16.6. The number of benzene rings is 2. The lowest BCUT2D eigenvalue weighted by Crippen LogP contribution is -2.21. The van der Waals surface area contributed by atoms with Crippen molar-refractivity contribution in [2.45, 2.75) is 6.92 Å². The first-order chi connectivity index (χ1) is 15.8. The highest BCUT2D eigenvalue weighted by molar-refractivity contribution is 5.92. The van der Waals surface area contributed by atoms with E-state index < -0.39 is 30.0 Å². The smallest absolute Gasteiger partial charge is 0.344 e. The van der Waals surface area contributed by atoms with Crippen molar-refractivity contribution in [1.29, 1.82) is 0 Å². The van der Waals surface area contributed by atoms with E-state index >= 15 is 0 Å². The zero-order valence-electron chi connectivity index (χ0n) is 18.5. The molecule has 2 aromatic carbocycles. The molecule has 0 saturated carbocycles. The zero-order valence-corrected chi connectivity index (χ0v) is 18.5. The molecular weight excluding hydrogens is 440 g/mol. The Labute approximate surface area is 189 Å². The van der Waals surface area contributed by atoms with Gasteiger partial charge in [-0.1, -0.05) is 0 Å². The van der Waals surface area contributed by atoms with Crippen molar-refractivity contribution in [3.05, 3.63) is 40.4 Å². The van der Waals surface area contributed by atoms with E-state index in [9.17, 15) is 19.7 Å². The van der Waals surface area contributed by atoms with Gasteiger partial charge in [-0.05, 0) is 13.0 Å². The van der Waals surface area contributed by atoms with Crippen LogP contribution in [0.3, 0.4) is 0 Å². The second kappa shape index (κ2) is 12.0. The number of nitrogens with one attached hydrogen (secondary N) is 1. The number of nitrogens with zero attached hydrogens (tertiary/aromatic N) is 1. The van der Waals surface area contributed by atoms with Crippen LogP contribution in [0.5, 0.6) is 28.7 Å². The van der Waals surface area contributed by atoms with Crippen LogP contribution in [0.4, 0.5) is 11.4 Å². The lowest BCUT2D eigenvalue weighted by Gasteiger charge is -2.15. The maximum absolute atomic E-state index is 12.4. The molecule has 0 aliphatic rings. The molecule has 12 nitrogen and oxygen atoms in total. The molecule has 0 radical (unpaired) electrons. The summed E-state index contributed by atoms with van der Waals surface area (Å²) in [5.74, 6) is -0.198. The van der Waals surface area contributed by atoms with E-state index in [2.05, 4.69) is 5.32 Å². The minimum Gasteiger partial charge on any atom is -0.493 e. The van der Waals surface area contributed by atoms with Crippen LogP contribution in [0.2, 0.25) is 0 Å². The predicted molar refractivity (Wildman–Crippen MR) is 115 cm³/mol. The first kappa shape index (κ1) is 25.0. The average Bonchev–Trinajstić information content (AvgIpc) is 2.80. The summed E-state index contributed by atoms with van der Waals surface area (Å²) in [7, 11) is 4.34. The van der Waals surface area contributed by atoms with Crippen molar-refractivity contribution in [2.24, 2.45) is 0 Å². The molecule has 0 aliphatic heterocycles. The minimum absolute atomic E-state index is 0.0324. The number of carbonyl (C=O) groups excluding carboxylic acids is 2. The Bertz CT molecular complexity index is 984. The van der Waals surface area contributed by atoms with Crippen LogP contribution in [0, 0.1) is 10.1 Å². The van der Waals surface area contributed by atoms with Crippen LogP contribution in [-0.2, 0) is 14.3 Å². The number of non-ortho nitro benzene ring substituents is 1. The van der Waals surface area contributed by atoms with E-state index in [4.69, 9.17) is 28.4 Å². The van der Waals surface area contributed by atoms with Gasteiger partial charge in [0.25, 0.3) is 11.6 Å². The highest BCUT2D eigenvalue weighted by Gasteiger charge is 2.17. The second-order valence-corrected chi connectivity index (χ2v) is 6.23. The lowest BCUT2D eigenvalue weighted by atomic mass is 10.2. The first-order valence-corrected chi connectivity index (χ1v) is 9.62. The van der Waals surface area contributed by atoms with Gasteiger partial charge < -0.3 is 33.7 Å². The zero-order chi connectivity index (χ0) is 24.4. The van der Waals surface area contributed by atoms with Gasteiger partial charge in [-0.2, -0.15) is 0 Å². The summed E-state index contributed by atoms with van der Waals surface area (Å²) in [5.41, 5.74) is 0.0867. The fourth-order valence-corrected chi connectivity index (χ4v) is 2.68. The molecule has 2 rings (SSSR count). The number of methoxy groups -OCH3 is 3. The molecule has 0 fully saturated rings. The van der Waals surface area contributed by atoms with Crippen molar-refractivity contribution in [3.8, 4) is 28.7 Å². The van der Waals surface area contributed by atoms with Gasteiger partial charge in [-0.3, -0.25) is 14.9 Å². The van der Waals surface area contributed by atoms with Crippen molar-refractivity contribution in [3.63, 3.8) is 0 Å². The van der Waals surface area contributed by atoms with E-state index in [0.717, 1.165) is 6.07 Å². The Morgan fingerprint density at radius 1 is 0.909 bits per heavy atom. The molecule has 0 saturated heterocycles. The molecule has 12 heteroatoms. The molecule has 178 valence electrons. The van der Waals surface area contributed by atoms with Crippen LogP contribution in [0.1, 0.15) is 6.92 Å². The maximum Gasteiger partial charge on any atom is 0.344 e. The van der Waals surface area contributed by atoms with E-state index in [1.165, 1.54) is 33.5 Å². The fraction of sp³-hybridized carbons (Fsp3) is 0.333. The quantitative estimate of drug-likeness (QED) is 0.283. The largest absolute Gasteiger partial charge is 0.493 e. The van der Waals surface area contributed by atoms with Crippen LogP contribution in [0.25, 0.3) is 0 Å². The van der Waals surface area contributed by atoms with Gasteiger partial charge in [0.15, 0.2) is 36.2 Å². The second-order valence-electron chi connectivity index (χ2n) is 6.23. The van der Waals surface area contributed by atoms with Crippen molar-refractivity contribution >= 4 is 23.3 Å². The molecule has 0 bridgehead atoms. The minimum atomic E-state index is -0.657. The molecule has 1 N–H and O–H groups in total. The van der Waals surface area contributed by atoms with E-state index in [1.807, 2.05) is 0 Å². The van der Waals surface area contributed by atoms with E-state index in [0.29, 0.717) is 22.9 Å². The first-order valence-electron chi connectivity index (χ1n) is 9.62. The van der Waals surface area contributed by atoms with Gasteiger partial charge >= 0.3 is 5.97 Å². The van der Waals surface area contributed by atoms with Gasteiger partial charge in [0, 0.05) is 23.9 Å². The van der Waals surface area contributed by atoms with Gasteiger partial charge in [-0.25, -0.2) is 4.79 Å². The molecule has 0 unspecified atom stereocenters. The van der Waals surface area contributed by atoms with Gasteiger partial charge in [0.05, 0.1) is 38.9 Å². The number of amides is 1. The van der Waals surface area contributed by atoms with Crippen molar-refractivity contribution < 1.29 is 42.9 Å². The summed E-state index contributed by atoms with van der Waals surface area (Å²) < 4.78 is 31.2. The summed E-state index contributed by atoms with van der Waals surface area (Å²) in [6.45, 7) is 0.848. The SMILES string of the molecule is CCOC(=O)COc1cc([N+](=O)[O-])ccc1OCC(=O)Nc1cc(OC)c(OC)c(OC)c1. The summed E-state index contributed by atoms with van der Waals surface area (Å²) in [6.07, 6.45) is 0. The molecule has 0 aromatic heterocycles.